The van der Waals surface area contributed by atoms with Gasteiger partial charge in [0.05, 0.1) is 0 Å². The van der Waals surface area contributed by atoms with Crippen molar-refractivity contribution in [1.29, 1.82) is 0 Å². The predicted octanol–water partition coefficient (Wildman–Crippen LogP) is 3.61. The number of carbonyl (C=O) groups is 1. The number of aryl methyl sites for hydroxylation is 1. The molecule has 0 aliphatic heterocycles. The fourth-order valence-electron chi connectivity index (χ4n) is 1.97. The molecule has 4 heteroatoms. The lowest BCUT2D eigenvalue weighted by Crippen LogP contribution is -2.14. The lowest BCUT2D eigenvalue weighted by molar-refractivity contribution is 0.0692. The van der Waals surface area contributed by atoms with E-state index in [2.05, 4.69) is 6.58 Å². The summed E-state index contributed by atoms with van der Waals surface area (Å²) in [5.74, 6) is -0.911. The molecule has 1 atom stereocenters. The van der Waals surface area contributed by atoms with E-state index in [0.717, 1.165) is 0 Å². The van der Waals surface area contributed by atoms with Gasteiger partial charge in [-0.05, 0) is 38.5 Å². The zero-order chi connectivity index (χ0) is 15.3. The zero-order valence-electron chi connectivity index (χ0n) is 12.0. The average Bonchev–Trinajstić information content (AvgIpc) is 2.35. The van der Waals surface area contributed by atoms with E-state index in [0.29, 0.717) is 23.3 Å². The molecule has 20 heavy (non-hydrogen) atoms. The summed E-state index contributed by atoms with van der Waals surface area (Å²) in [7, 11) is 0. The third-order valence-electron chi connectivity index (χ3n) is 3.00. The molecular weight excluding hydrogens is 256 g/mol. The second kappa shape index (κ2) is 6.80. The van der Waals surface area contributed by atoms with Crippen LogP contribution in [0, 0.1) is 13.8 Å². The van der Waals surface area contributed by atoms with Gasteiger partial charge in [-0.3, -0.25) is 0 Å². The number of aromatic hydroxyl groups is 1. The number of rotatable bonds is 6. The Kier molecular flexibility index (Phi) is 5.38. The van der Waals surface area contributed by atoms with Crippen LogP contribution in [-0.4, -0.2) is 22.3 Å². The number of aromatic carboxylic acids is 1. The number of allylic oxidation sites excluding steroid dienone is 1. The Morgan fingerprint density at radius 1 is 1.50 bits per heavy atom. The van der Waals surface area contributed by atoms with Gasteiger partial charge in [0, 0.05) is 12.0 Å². The fraction of sp³-hybridized carbons (Fsp3) is 0.312. The third-order valence-corrected chi connectivity index (χ3v) is 3.00. The molecule has 108 valence electrons. The lowest BCUT2D eigenvalue weighted by atomic mass is 10.0. The van der Waals surface area contributed by atoms with E-state index in [1.165, 1.54) is 0 Å². The van der Waals surface area contributed by atoms with Gasteiger partial charge in [-0.2, -0.15) is 0 Å². The number of carboxylic acid groups (broad SMARTS) is 1. The van der Waals surface area contributed by atoms with E-state index in [9.17, 15) is 9.90 Å². The first-order valence-electron chi connectivity index (χ1n) is 6.39. The van der Waals surface area contributed by atoms with Gasteiger partial charge in [0.25, 0.3) is 0 Å². The quantitative estimate of drug-likeness (QED) is 0.779. The van der Waals surface area contributed by atoms with Crippen LogP contribution < -0.4 is 4.74 Å². The zero-order valence-corrected chi connectivity index (χ0v) is 12.0. The Morgan fingerprint density at radius 3 is 2.65 bits per heavy atom. The second-order valence-corrected chi connectivity index (χ2v) is 4.55. The average molecular weight is 276 g/mol. The van der Waals surface area contributed by atoms with Crippen LogP contribution in [0.15, 0.2) is 30.9 Å². The van der Waals surface area contributed by atoms with Crippen molar-refractivity contribution in [3.05, 3.63) is 47.6 Å². The summed E-state index contributed by atoms with van der Waals surface area (Å²) in [6.45, 7) is 8.84. The molecular formula is C16H20O4. The summed E-state index contributed by atoms with van der Waals surface area (Å²) in [6.07, 6.45) is 5.95. The minimum Gasteiger partial charge on any atom is -0.507 e. The molecule has 0 aromatic heterocycles. The highest BCUT2D eigenvalue weighted by Gasteiger charge is 2.19. The summed E-state index contributed by atoms with van der Waals surface area (Å²) >= 11 is 0. The van der Waals surface area contributed by atoms with Crippen LogP contribution >= 0.6 is 0 Å². The second-order valence-electron chi connectivity index (χ2n) is 4.55. The molecule has 0 saturated heterocycles. The van der Waals surface area contributed by atoms with Crippen molar-refractivity contribution in [3.63, 3.8) is 0 Å². The molecule has 0 fully saturated rings. The molecule has 0 heterocycles. The van der Waals surface area contributed by atoms with E-state index in [-0.39, 0.29) is 17.4 Å². The Bertz CT molecular complexity index is 544. The van der Waals surface area contributed by atoms with Crippen LogP contribution in [0.4, 0.5) is 0 Å². The monoisotopic (exact) mass is 276 g/mol. The maximum absolute atomic E-state index is 11.1. The van der Waals surface area contributed by atoms with E-state index in [1.54, 1.807) is 26.0 Å². The normalized spacial score (nSPS) is 12.3. The first kappa shape index (κ1) is 15.8. The van der Waals surface area contributed by atoms with E-state index in [4.69, 9.17) is 9.84 Å². The molecule has 0 bridgehead atoms. The van der Waals surface area contributed by atoms with Gasteiger partial charge in [0.2, 0.25) is 0 Å². The molecule has 0 amide bonds. The Hall–Kier alpha value is -2.23. The standard InChI is InChI=1S/C16H20O4/c1-5-7-12(8-6-2)20-13-9-10(3)14(16(18)19)15(17)11(13)4/h5-6,8-9,12,17H,1,7H2,2-4H3,(H,18,19)/b8-6+. The van der Waals surface area contributed by atoms with Crippen molar-refractivity contribution in [3.8, 4) is 11.5 Å². The largest absolute Gasteiger partial charge is 0.507 e. The van der Waals surface area contributed by atoms with Gasteiger partial charge in [-0.25, -0.2) is 4.79 Å². The number of hydrogen-bond donors (Lipinski definition) is 2. The molecule has 0 aliphatic rings. The Balaban J connectivity index is 3.20. The van der Waals surface area contributed by atoms with Gasteiger partial charge in [0.15, 0.2) is 0 Å². The SMILES string of the molecule is C=CCC(/C=C/C)Oc1cc(C)c(C(=O)O)c(O)c1C. The summed E-state index contributed by atoms with van der Waals surface area (Å²) in [5, 5.41) is 19.1. The van der Waals surface area contributed by atoms with Crippen LogP contribution in [0.3, 0.4) is 0 Å². The minimum atomic E-state index is -1.15. The van der Waals surface area contributed by atoms with Crippen molar-refractivity contribution >= 4 is 5.97 Å². The molecule has 2 N–H and O–H groups in total. The van der Waals surface area contributed by atoms with Crippen LogP contribution in [0.5, 0.6) is 11.5 Å². The Morgan fingerprint density at radius 2 is 2.15 bits per heavy atom. The van der Waals surface area contributed by atoms with Gasteiger partial charge >= 0.3 is 5.97 Å². The van der Waals surface area contributed by atoms with E-state index in [1.807, 2.05) is 19.1 Å². The maximum Gasteiger partial charge on any atom is 0.339 e. The smallest absolute Gasteiger partial charge is 0.339 e. The highest BCUT2D eigenvalue weighted by molar-refractivity contribution is 5.93. The third kappa shape index (κ3) is 3.41. The van der Waals surface area contributed by atoms with Crippen LogP contribution in [0.1, 0.15) is 34.8 Å². The van der Waals surface area contributed by atoms with Gasteiger partial charge in [-0.1, -0.05) is 12.2 Å². The van der Waals surface area contributed by atoms with Crippen LogP contribution in [0.2, 0.25) is 0 Å². The molecule has 0 radical (unpaired) electrons. The molecule has 1 unspecified atom stereocenters. The topological polar surface area (TPSA) is 66.8 Å². The molecule has 1 rings (SSSR count). The summed E-state index contributed by atoms with van der Waals surface area (Å²) in [4.78, 5) is 11.1. The number of benzene rings is 1. The molecule has 1 aromatic carbocycles. The van der Waals surface area contributed by atoms with Crippen molar-refractivity contribution in [2.24, 2.45) is 0 Å². The predicted molar refractivity (Wildman–Crippen MR) is 78.6 cm³/mol. The number of phenols is 1. The summed E-state index contributed by atoms with van der Waals surface area (Å²) < 4.78 is 5.81. The minimum absolute atomic E-state index is 0.0823. The highest BCUT2D eigenvalue weighted by atomic mass is 16.5. The number of carboxylic acids is 1. The van der Waals surface area contributed by atoms with Crippen LogP contribution in [-0.2, 0) is 0 Å². The Labute approximate surface area is 119 Å². The lowest BCUT2D eigenvalue weighted by Gasteiger charge is -2.18. The van der Waals surface area contributed by atoms with E-state index >= 15 is 0 Å². The molecule has 1 aromatic rings. The highest BCUT2D eigenvalue weighted by Crippen LogP contribution is 2.34. The first-order valence-corrected chi connectivity index (χ1v) is 6.39. The molecule has 0 spiro atoms. The van der Waals surface area contributed by atoms with Crippen molar-refractivity contribution in [2.75, 3.05) is 0 Å². The van der Waals surface area contributed by atoms with Crippen LogP contribution in [0.25, 0.3) is 0 Å². The summed E-state index contributed by atoms with van der Waals surface area (Å²) in [5.41, 5.74) is 0.807. The first-order chi connectivity index (χ1) is 9.42. The number of ether oxygens (including phenoxy) is 1. The van der Waals surface area contributed by atoms with E-state index < -0.39 is 5.97 Å². The van der Waals surface area contributed by atoms with Crippen molar-refractivity contribution in [1.82, 2.24) is 0 Å². The van der Waals surface area contributed by atoms with Gasteiger partial charge in [0.1, 0.15) is 23.2 Å². The van der Waals surface area contributed by atoms with Crippen molar-refractivity contribution in [2.45, 2.75) is 33.3 Å². The number of hydrogen-bond acceptors (Lipinski definition) is 3. The fourth-order valence-corrected chi connectivity index (χ4v) is 1.97. The summed E-state index contributed by atoms with van der Waals surface area (Å²) in [6, 6.07) is 1.64. The maximum atomic E-state index is 11.1. The molecule has 0 aliphatic carbocycles. The molecule has 0 saturated carbocycles. The van der Waals surface area contributed by atoms with Gasteiger partial charge in [-0.15, -0.1) is 6.58 Å². The van der Waals surface area contributed by atoms with Gasteiger partial charge < -0.3 is 14.9 Å². The van der Waals surface area contributed by atoms with Crippen molar-refractivity contribution < 1.29 is 19.7 Å². The molecule has 4 nitrogen and oxygen atoms in total.